The first kappa shape index (κ1) is 14.6. The molecule has 0 saturated carbocycles. The maximum Gasteiger partial charge on any atom is 0.471 e. The van der Waals surface area contributed by atoms with Gasteiger partial charge in [0.05, 0.1) is 5.52 Å². The number of benzene rings is 1. The number of halogens is 3. The van der Waals surface area contributed by atoms with Gasteiger partial charge in [-0.1, -0.05) is 0 Å². The number of aromatic amines is 1. The molecule has 0 bridgehead atoms. The third-order valence-corrected chi connectivity index (χ3v) is 2.55. The molecule has 6 nitrogen and oxygen atoms in total. The molecule has 2 rings (SSSR count). The second kappa shape index (κ2) is 4.93. The molecule has 1 amide bonds. The molecule has 0 aliphatic carbocycles. The van der Waals surface area contributed by atoms with E-state index in [4.69, 9.17) is 0 Å². The van der Waals surface area contributed by atoms with Gasteiger partial charge in [-0.05, 0) is 18.2 Å². The first-order chi connectivity index (χ1) is 9.68. The maximum atomic E-state index is 12.1. The van der Waals surface area contributed by atoms with E-state index in [1.165, 1.54) is 0 Å². The lowest BCUT2D eigenvalue weighted by Crippen LogP contribution is -2.29. The van der Waals surface area contributed by atoms with Crippen molar-refractivity contribution in [3.8, 4) is 5.75 Å². The summed E-state index contributed by atoms with van der Waals surface area (Å²) in [5, 5.41) is 11.2. The number of hydrogen-bond donors (Lipinski definition) is 3. The molecule has 0 spiro atoms. The van der Waals surface area contributed by atoms with Gasteiger partial charge in [0.15, 0.2) is 0 Å². The number of aromatic hydroxyl groups is 1. The molecule has 110 valence electrons. The molecule has 0 unspecified atom stereocenters. The van der Waals surface area contributed by atoms with Gasteiger partial charge in [0.2, 0.25) is 5.43 Å². The average molecular weight is 300 g/mol. The third-order valence-electron chi connectivity index (χ3n) is 2.55. The van der Waals surface area contributed by atoms with Crippen molar-refractivity contribution in [1.29, 1.82) is 0 Å². The van der Waals surface area contributed by atoms with Crippen molar-refractivity contribution in [1.82, 2.24) is 4.98 Å². The predicted molar refractivity (Wildman–Crippen MR) is 67.2 cm³/mol. The lowest BCUT2D eigenvalue weighted by atomic mass is 10.2. The Hall–Kier alpha value is -2.84. The number of rotatable bonds is 1. The standard InChI is InChI=1S/C12H7F3N2O4/c13-12(14,15)11(21)16-5-1-2-7-6(3-5)8(18)4-9(19)10(20)17-7/h1-4,18H,(H,16,21)(H,17,19,20). The van der Waals surface area contributed by atoms with Crippen molar-refractivity contribution in [3.63, 3.8) is 0 Å². The van der Waals surface area contributed by atoms with Gasteiger partial charge in [-0.2, -0.15) is 13.2 Å². The Morgan fingerprint density at radius 2 is 1.86 bits per heavy atom. The van der Waals surface area contributed by atoms with Gasteiger partial charge in [-0.15, -0.1) is 0 Å². The monoisotopic (exact) mass is 300 g/mol. The fraction of sp³-hybridized carbons (Fsp3) is 0.0833. The fourth-order valence-corrected chi connectivity index (χ4v) is 1.60. The minimum Gasteiger partial charge on any atom is -0.507 e. The Morgan fingerprint density at radius 1 is 1.19 bits per heavy atom. The predicted octanol–water partition coefficient (Wildman–Crippen LogP) is 1.09. The van der Waals surface area contributed by atoms with Gasteiger partial charge >= 0.3 is 12.1 Å². The van der Waals surface area contributed by atoms with Crippen LogP contribution in [0.4, 0.5) is 18.9 Å². The summed E-state index contributed by atoms with van der Waals surface area (Å²) in [6, 6.07) is 3.88. The Kier molecular flexibility index (Phi) is 3.42. The summed E-state index contributed by atoms with van der Waals surface area (Å²) < 4.78 is 36.4. The second-order valence-corrected chi connectivity index (χ2v) is 4.06. The van der Waals surface area contributed by atoms with Crippen molar-refractivity contribution in [2.45, 2.75) is 6.18 Å². The topological polar surface area (TPSA) is 99.3 Å². The van der Waals surface area contributed by atoms with Crippen LogP contribution >= 0.6 is 0 Å². The normalized spacial score (nSPS) is 11.4. The highest BCUT2D eigenvalue weighted by atomic mass is 19.4. The van der Waals surface area contributed by atoms with Crippen LogP contribution in [0.15, 0.2) is 33.9 Å². The molecule has 0 radical (unpaired) electrons. The van der Waals surface area contributed by atoms with Crippen molar-refractivity contribution >= 4 is 22.5 Å². The van der Waals surface area contributed by atoms with E-state index in [2.05, 4.69) is 4.98 Å². The van der Waals surface area contributed by atoms with Crippen LogP contribution in [0.5, 0.6) is 5.75 Å². The number of carbonyl (C=O) groups excluding carboxylic acids is 1. The van der Waals surface area contributed by atoms with Crippen LogP contribution < -0.4 is 16.3 Å². The Morgan fingerprint density at radius 3 is 2.48 bits per heavy atom. The Balaban J connectivity index is 2.58. The molecule has 0 atom stereocenters. The van der Waals surface area contributed by atoms with E-state index in [-0.39, 0.29) is 16.6 Å². The van der Waals surface area contributed by atoms with Crippen LogP contribution in [-0.4, -0.2) is 22.2 Å². The summed E-state index contributed by atoms with van der Waals surface area (Å²) in [6.45, 7) is 0. The summed E-state index contributed by atoms with van der Waals surface area (Å²) >= 11 is 0. The first-order valence-electron chi connectivity index (χ1n) is 5.47. The van der Waals surface area contributed by atoms with Gasteiger partial charge in [0.25, 0.3) is 5.56 Å². The van der Waals surface area contributed by atoms with E-state index in [0.717, 1.165) is 18.2 Å². The molecule has 1 aromatic carbocycles. The Labute approximate surface area is 113 Å². The van der Waals surface area contributed by atoms with Crippen molar-refractivity contribution < 1.29 is 23.1 Å². The molecule has 0 aliphatic heterocycles. The second-order valence-electron chi connectivity index (χ2n) is 4.06. The highest BCUT2D eigenvalue weighted by molar-refractivity contribution is 5.97. The molecule has 3 N–H and O–H groups in total. The molecule has 0 saturated heterocycles. The SMILES string of the molecule is O=C(Nc1ccc2[nH]c(=O)c(=O)cc(O)c2c1)C(F)(F)F. The zero-order valence-corrected chi connectivity index (χ0v) is 10.1. The molecule has 21 heavy (non-hydrogen) atoms. The molecule has 9 heteroatoms. The van der Waals surface area contributed by atoms with Crippen LogP contribution in [0.25, 0.3) is 10.9 Å². The number of hydrogen-bond acceptors (Lipinski definition) is 4. The smallest absolute Gasteiger partial charge is 0.471 e. The molecule has 1 heterocycles. The van der Waals surface area contributed by atoms with E-state index < -0.39 is 28.8 Å². The molecule has 0 fully saturated rings. The number of carbonyl (C=O) groups is 1. The highest BCUT2D eigenvalue weighted by Crippen LogP contribution is 2.25. The fourth-order valence-electron chi connectivity index (χ4n) is 1.60. The van der Waals surface area contributed by atoms with Crippen LogP contribution in [-0.2, 0) is 4.79 Å². The van der Waals surface area contributed by atoms with Crippen molar-refractivity contribution in [3.05, 3.63) is 44.8 Å². The van der Waals surface area contributed by atoms with Crippen LogP contribution in [0, 0.1) is 0 Å². The maximum absolute atomic E-state index is 12.1. The molecule has 1 aromatic heterocycles. The van der Waals surface area contributed by atoms with Crippen molar-refractivity contribution in [2.24, 2.45) is 0 Å². The lowest BCUT2D eigenvalue weighted by molar-refractivity contribution is -0.167. The summed E-state index contributed by atoms with van der Waals surface area (Å²) in [6.07, 6.45) is -5.06. The van der Waals surface area contributed by atoms with E-state index in [1.807, 2.05) is 0 Å². The van der Waals surface area contributed by atoms with E-state index in [0.29, 0.717) is 6.07 Å². The molecular weight excluding hydrogens is 293 g/mol. The number of nitrogens with one attached hydrogen (secondary N) is 2. The summed E-state index contributed by atoms with van der Waals surface area (Å²) in [5.74, 6) is -2.78. The highest BCUT2D eigenvalue weighted by Gasteiger charge is 2.38. The van der Waals surface area contributed by atoms with E-state index in [9.17, 15) is 32.7 Å². The zero-order chi connectivity index (χ0) is 15.8. The zero-order valence-electron chi connectivity index (χ0n) is 10.1. The van der Waals surface area contributed by atoms with Crippen molar-refractivity contribution in [2.75, 3.05) is 5.32 Å². The summed E-state index contributed by atoms with van der Waals surface area (Å²) in [4.78, 5) is 35.5. The number of alkyl halides is 3. The average Bonchev–Trinajstić information content (AvgIpc) is 2.47. The number of fused-ring (bicyclic) bond motifs is 1. The minimum absolute atomic E-state index is 0.0320. The third kappa shape index (κ3) is 3.02. The number of anilines is 1. The first-order valence-corrected chi connectivity index (χ1v) is 5.47. The molecule has 0 aliphatic rings. The van der Waals surface area contributed by atoms with Gasteiger partial charge in [0, 0.05) is 17.1 Å². The Bertz CT molecular complexity index is 842. The van der Waals surface area contributed by atoms with Crippen LogP contribution in [0.2, 0.25) is 0 Å². The van der Waals surface area contributed by atoms with Gasteiger partial charge in [-0.25, -0.2) is 0 Å². The molecular formula is C12H7F3N2O4. The van der Waals surface area contributed by atoms with Crippen LogP contribution in [0.1, 0.15) is 0 Å². The lowest BCUT2D eigenvalue weighted by Gasteiger charge is -2.08. The van der Waals surface area contributed by atoms with E-state index in [1.54, 1.807) is 5.32 Å². The number of amides is 1. The van der Waals surface area contributed by atoms with Gasteiger partial charge < -0.3 is 15.4 Å². The van der Waals surface area contributed by atoms with Gasteiger partial charge in [-0.3, -0.25) is 14.4 Å². The van der Waals surface area contributed by atoms with E-state index >= 15 is 0 Å². The largest absolute Gasteiger partial charge is 0.507 e. The minimum atomic E-state index is -5.06. The number of H-pyrrole nitrogens is 1. The summed E-state index contributed by atoms with van der Waals surface area (Å²) in [5.41, 5.74) is -2.22. The van der Waals surface area contributed by atoms with Crippen LogP contribution in [0.3, 0.4) is 0 Å². The van der Waals surface area contributed by atoms with Gasteiger partial charge in [0.1, 0.15) is 5.75 Å². The summed E-state index contributed by atoms with van der Waals surface area (Å²) in [7, 11) is 0. The quantitative estimate of drug-likeness (QED) is 0.687. The molecule has 2 aromatic rings. The number of aromatic nitrogens is 1.